The molecule has 3 rings (SSSR count). The number of anilines is 1. The fourth-order valence-electron chi connectivity index (χ4n) is 2.58. The Bertz CT molecular complexity index is 792. The number of hydrogen-bond donors (Lipinski definition) is 2. The topological polar surface area (TPSA) is 84.2 Å². The van der Waals surface area contributed by atoms with Crippen molar-refractivity contribution in [2.24, 2.45) is 0 Å². The number of rotatable bonds is 5. The Morgan fingerprint density at radius 3 is 2.46 bits per heavy atom. The van der Waals surface area contributed by atoms with Gasteiger partial charge in [-0.15, -0.1) is 0 Å². The molecule has 1 aliphatic carbocycles. The van der Waals surface area contributed by atoms with Crippen LogP contribution in [0.2, 0.25) is 0 Å². The standard InChI is InChI=1S/C17H18FN3O3/c1-16(2,15(23)24)21-10-13(9-19-21)20-14(22)17(7-8-17)11-3-5-12(18)6-4-11/h3-6,9-10H,7-8H2,1-2H3,(H,20,22)(H,23,24). The normalized spacial score (nSPS) is 15.8. The number of aromatic nitrogens is 2. The van der Waals surface area contributed by atoms with Gasteiger partial charge in [-0.1, -0.05) is 12.1 Å². The summed E-state index contributed by atoms with van der Waals surface area (Å²) in [6.45, 7) is 3.05. The van der Waals surface area contributed by atoms with Gasteiger partial charge in [0.2, 0.25) is 5.91 Å². The number of aliphatic carboxylic acids is 1. The van der Waals surface area contributed by atoms with Crippen molar-refractivity contribution in [3.8, 4) is 0 Å². The second kappa shape index (κ2) is 5.43. The quantitative estimate of drug-likeness (QED) is 0.882. The molecule has 0 unspecified atom stereocenters. The number of amides is 1. The first kappa shape index (κ1) is 16.2. The van der Waals surface area contributed by atoms with E-state index in [1.54, 1.807) is 12.1 Å². The van der Waals surface area contributed by atoms with E-state index in [4.69, 9.17) is 0 Å². The van der Waals surface area contributed by atoms with Gasteiger partial charge < -0.3 is 10.4 Å². The maximum Gasteiger partial charge on any atom is 0.331 e. The first-order valence-electron chi connectivity index (χ1n) is 7.62. The number of nitrogens with one attached hydrogen (secondary N) is 1. The number of carbonyl (C=O) groups is 2. The zero-order chi connectivity index (χ0) is 17.5. The maximum atomic E-state index is 13.1. The Hall–Kier alpha value is -2.70. The van der Waals surface area contributed by atoms with Crippen molar-refractivity contribution in [2.75, 3.05) is 5.32 Å². The summed E-state index contributed by atoms with van der Waals surface area (Å²) < 4.78 is 14.4. The molecule has 0 bridgehead atoms. The molecule has 0 saturated heterocycles. The molecule has 24 heavy (non-hydrogen) atoms. The molecule has 0 spiro atoms. The molecule has 1 saturated carbocycles. The number of carboxylic acids is 1. The van der Waals surface area contributed by atoms with Crippen LogP contribution in [0.3, 0.4) is 0 Å². The molecule has 1 aliphatic rings. The summed E-state index contributed by atoms with van der Waals surface area (Å²) in [6, 6.07) is 5.93. The molecule has 1 fully saturated rings. The highest BCUT2D eigenvalue weighted by Crippen LogP contribution is 2.49. The van der Waals surface area contributed by atoms with Crippen LogP contribution in [0.1, 0.15) is 32.3 Å². The van der Waals surface area contributed by atoms with Crippen molar-refractivity contribution >= 4 is 17.6 Å². The summed E-state index contributed by atoms with van der Waals surface area (Å²) in [6.07, 6.45) is 4.30. The van der Waals surface area contributed by atoms with E-state index in [-0.39, 0.29) is 11.7 Å². The van der Waals surface area contributed by atoms with Gasteiger partial charge in [-0.25, -0.2) is 9.18 Å². The molecule has 1 heterocycles. The van der Waals surface area contributed by atoms with E-state index in [0.29, 0.717) is 18.5 Å². The smallest absolute Gasteiger partial charge is 0.331 e. The minimum Gasteiger partial charge on any atom is -0.479 e. The number of carboxylic acid groups (broad SMARTS) is 1. The number of carbonyl (C=O) groups excluding carboxylic acids is 1. The molecule has 2 N–H and O–H groups in total. The summed E-state index contributed by atoms with van der Waals surface area (Å²) in [4.78, 5) is 23.9. The Kier molecular flexibility index (Phi) is 3.66. The number of halogens is 1. The lowest BCUT2D eigenvalue weighted by molar-refractivity contribution is -0.146. The Labute approximate surface area is 138 Å². The van der Waals surface area contributed by atoms with Crippen LogP contribution in [-0.2, 0) is 20.5 Å². The fourth-order valence-corrected chi connectivity index (χ4v) is 2.58. The van der Waals surface area contributed by atoms with Gasteiger partial charge in [-0.3, -0.25) is 9.48 Å². The molecule has 1 amide bonds. The van der Waals surface area contributed by atoms with Crippen molar-refractivity contribution in [2.45, 2.75) is 37.6 Å². The van der Waals surface area contributed by atoms with Crippen molar-refractivity contribution in [1.82, 2.24) is 9.78 Å². The van der Waals surface area contributed by atoms with Crippen LogP contribution in [-0.4, -0.2) is 26.8 Å². The zero-order valence-electron chi connectivity index (χ0n) is 13.4. The summed E-state index contributed by atoms with van der Waals surface area (Å²) in [5, 5.41) is 16.0. The van der Waals surface area contributed by atoms with Crippen LogP contribution in [0.5, 0.6) is 0 Å². The molecule has 0 radical (unpaired) electrons. The lowest BCUT2D eigenvalue weighted by Gasteiger charge is -2.19. The summed E-state index contributed by atoms with van der Waals surface area (Å²) in [7, 11) is 0. The van der Waals surface area contributed by atoms with Crippen LogP contribution in [0, 0.1) is 5.82 Å². The second-order valence-corrected chi connectivity index (χ2v) is 6.58. The lowest BCUT2D eigenvalue weighted by atomic mass is 9.95. The van der Waals surface area contributed by atoms with E-state index in [2.05, 4.69) is 10.4 Å². The third kappa shape index (κ3) is 2.66. The Morgan fingerprint density at radius 1 is 1.29 bits per heavy atom. The van der Waals surface area contributed by atoms with Gasteiger partial charge in [0.1, 0.15) is 5.82 Å². The van der Waals surface area contributed by atoms with Crippen LogP contribution < -0.4 is 5.32 Å². The molecule has 0 aliphatic heterocycles. The van der Waals surface area contributed by atoms with Crippen molar-refractivity contribution in [1.29, 1.82) is 0 Å². The lowest BCUT2D eigenvalue weighted by Crippen LogP contribution is -2.36. The molecule has 1 aromatic heterocycles. The summed E-state index contributed by atoms with van der Waals surface area (Å²) in [5.74, 6) is -1.55. The highest BCUT2D eigenvalue weighted by molar-refractivity contribution is 6.01. The van der Waals surface area contributed by atoms with Gasteiger partial charge in [-0.2, -0.15) is 5.10 Å². The van der Waals surface area contributed by atoms with Crippen LogP contribution in [0.25, 0.3) is 0 Å². The minimum absolute atomic E-state index is 0.193. The predicted molar refractivity (Wildman–Crippen MR) is 85.1 cm³/mol. The molecular weight excluding hydrogens is 313 g/mol. The molecular formula is C17H18FN3O3. The van der Waals surface area contributed by atoms with E-state index >= 15 is 0 Å². The average Bonchev–Trinajstić information content (AvgIpc) is 3.21. The monoisotopic (exact) mass is 331 g/mol. The second-order valence-electron chi connectivity index (χ2n) is 6.58. The minimum atomic E-state index is -1.21. The largest absolute Gasteiger partial charge is 0.479 e. The highest BCUT2D eigenvalue weighted by atomic mass is 19.1. The van der Waals surface area contributed by atoms with Gasteiger partial charge in [0.15, 0.2) is 5.54 Å². The maximum absolute atomic E-state index is 13.1. The van der Waals surface area contributed by atoms with Gasteiger partial charge in [0, 0.05) is 6.20 Å². The van der Waals surface area contributed by atoms with Crippen LogP contribution in [0.4, 0.5) is 10.1 Å². The van der Waals surface area contributed by atoms with E-state index in [9.17, 15) is 19.1 Å². The summed E-state index contributed by atoms with van der Waals surface area (Å²) >= 11 is 0. The van der Waals surface area contributed by atoms with E-state index in [1.807, 2.05) is 0 Å². The molecule has 2 aromatic rings. The molecule has 6 nitrogen and oxygen atoms in total. The Balaban J connectivity index is 1.77. The van der Waals surface area contributed by atoms with Crippen LogP contribution >= 0.6 is 0 Å². The predicted octanol–water partition coefficient (Wildman–Crippen LogP) is 2.51. The number of nitrogens with zero attached hydrogens (tertiary/aromatic N) is 2. The van der Waals surface area contributed by atoms with Gasteiger partial charge in [-0.05, 0) is 44.4 Å². The average molecular weight is 331 g/mol. The van der Waals surface area contributed by atoms with Crippen LogP contribution in [0.15, 0.2) is 36.7 Å². The fraction of sp³-hybridized carbons (Fsp3) is 0.353. The molecule has 7 heteroatoms. The molecule has 126 valence electrons. The summed E-state index contributed by atoms with van der Waals surface area (Å²) in [5.41, 5.74) is -0.641. The SMILES string of the molecule is CC(C)(C(=O)O)n1cc(NC(=O)C2(c3ccc(F)cc3)CC2)cn1. The van der Waals surface area contributed by atoms with Gasteiger partial charge in [0.25, 0.3) is 0 Å². The molecule has 0 atom stereocenters. The van der Waals surface area contributed by atoms with E-state index < -0.39 is 16.9 Å². The number of hydrogen-bond acceptors (Lipinski definition) is 3. The molecule has 1 aromatic carbocycles. The van der Waals surface area contributed by atoms with Crippen molar-refractivity contribution in [3.05, 3.63) is 48.0 Å². The van der Waals surface area contributed by atoms with Crippen molar-refractivity contribution < 1.29 is 19.1 Å². The van der Waals surface area contributed by atoms with E-state index in [1.165, 1.54) is 43.1 Å². The highest BCUT2D eigenvalue weighted by Gasteiger charge is 2.51. The Morgan fingerprint density at radius 2 is 1.92 bits per heavy atom. The zero-order valence-corrected chi connectivity index (χ0v) is 13.4. The van der Waals surface area contributed by atoms with Crippen molar-refractivity contribution in [3.63, 3.8) is 0 Å². The third-order valence-corrected chi connectivity index (χ3v) is 4.52. The first-order valence-corrected chi connectivity index (χ1v) is 7.62. The first-order chi connectivity index (χ1) is 11.3. The third-order valence-electron chi connectivity index (χ3n) is 4.52. The van der Waals surface area contributed by atoms with Gasteiger partial charge in [0.05, 0.1) is 17.3 Å². The van der Waals surface area contributed by atoms with Gasteiger partial charge >= 0.3 is 5.97 Å². The van der Waals surface area contributed by atoms with E-state index in [0.717, 1.165) is 5.56 Å². The number of benzene rings is 1.